The normalized spacial score (nSPS) is 27.5. The molecule has 0 saturated heterocycles. The Bertz CT molecular complexity index is 1540. The van der Waals surface area contributed by atoms with Crippen molar-refractivity contribution in [3.63, 3.8) is 0 Å². The van der Waals surface area contributed by atoms with Crippen LogP contribution in [0, 0.1) is 17.6 Å². The molecule has 3 aliphatic rings. The molecule has 0 spiro atoms. The molecule has 3 atom stereocenters. The summed E-state index contributed by atoms with van der Waals surface area (Å²) in [5, 5.41) is 13.2. The summed E-state index contributed by atoms with van der Waals surface area (Å²) in [7, 11) is 0. The van der Waals surface area contributed by atoms with E-state index in [1.807, 2.05) is 0 Å². The highest BCUT2D eigenvalue weighted by atomic mass is 19.1. The van der Waals surface area contributed by atoms with E-state index in [-0.39, 0.29) is 11.1 Å². The molecule has 3 N–H and O–H groups in total. The van der Waals surface area contributed by atoms with Gasteiger partial charge >= 0.3 is 6.09 Å². The van der Waals surface area contributed by atoms with Crippen LogP contribution in [-0.2, 0) is 4.74 Å². The number of carbonyl (C=O) groups is 1. The topological polar surface area (TPSA) is 109 Å². The van der Waals surface area contributed by atoms with Crippen molar-refractivity contribution in [1.82, 2.24) is 29.9 Å². The van der Waals surface area contributed by atoms with Gasteiger partial charge in [0.25, 0.3) is 0 Å². The number of halogens is 3. The first-order valence-corrected chi connectivity index (χ1v) is 13.1. The number of nitrogens with one attached hydrogen (secondary N) is 3. The highest BCUT2D eigenvalue weighted by Gasteiger charge is 2.55. The van der Waals surface area contributed by atoms with Gasteiger partial charge in [0.2, 0.25) is 5.95 Å². The van der Waals surface area contributed by atoms with Gasteiger partial charge in [-0.25, -0.2) is 27.9 Å². The molecule has 7 rings (SSSR count). The second kappa shape index (κ2) is 8.99. The zero-order valence-electron chi connectivity index (χ0n) is 20.8. The summed E-state index contributed by atoms with van der Waals surface area (Å²) in [5.74, 6) is -0.709. The number of rotatable bonds is 6. The molecular weight excluding hydrogens is 511 g/mol. The molecule has 3 aromatic heterocycles. The number of alkyl halides is 1. The third-order valence-corrected chi connectivity index (χ3v) is 8.56. The second-order valence-electron chi connectivity index (χ2n) is 10.7. The highest BCUT2D eigenvalue weighted by Crippen LogP contribution is 2.53. The van der Waals surface area contributed by atoms with E-state index < -0.39 is 35.9 Å². The van der Waals surface area contributed by atoms with Crippen molar-refractivity contribution in [3.8, 4) is 11.3 Å². The van der Waals surface area contributed by atoms with Crippen molar-refractivity contribution in [3.05, 3.63) is 60.1 Å². The SMILES string of the molecule is O=C(NC12CCC1CC2)O[C@@H]1CC[C@H](c2cc(Nc3nc(-c4cc(F)cc(F)c4)cc4nccn34)n[nH]2)[C@H]1F. The lowest BCUT2D eigenvalue weighted by Crippen LogP contribution is -2.66. The molecule has 39 heavy (non-hydrogen) atoms. The summed E-state index contributed by atoms with van der Waals surface area (Å²) in [6.07, 6.45) is 5.64. The third-order valence-electron chi connectivity index (χ3n) is 8.56. The van der Waals surface area contributed by atoms with Crippen molar-refractivity contribution < 1.29 is 22.7 Å². The predicted molar refractivity (Wildman–Crippen MR) is 135 cm³/mol. The lowest BCUT2D eigenvalue weighted by molar-refractivity contribution is -0.0279. The molecule has 1 aromatic carbocycles. The number of amides is 1. The molecule has 3 aliphatic carbocycles. The van der Waals surface area contributed by atoms with E-state index in [0.29, 0.717) is 47.6 Å². The van der Waals surface area contributed by atoms with Gasteiger partial charge in [-0.1, -0.05) is 0 Å². The van der Waals surface area contributed by atoms with Gasteiger partial charge in [-0.3, -0.25) is 9.50 Å². The first-order chi connectivity index (χ1) is 18.9. The smallest absolute Gasteiger partial charge is 0.407 e. The van der Waals surface area contributed by atoms with Gasteiger partial charge in [0.1, 0.15) is 29.6 Å². The Hall–Kier alpha value is -4.09. The van der Waals surface area contributed by atoms with E-state index in [0.717, 1.165) is 31.7 Å². The molecule has 1 amide bonds. The Balaban J connectivity index is 1.06. The van der Waals surface area contributed by atoms with Crippen molar-refractivity contribution in [2.24, 2.45) is 5.92 Å². The van der Waals surface area contributed by atoms with Crippen LogP contribution in [0.1, 0.15) is 50.1 Å². The zero-order chi connectivity index (χ0) is 26.7. The molecule has 12 heteroatoms. The van der Waals surface area contributed by atoms with E-state index in [1.165, 1.54) is 12.1 Å². The molecule has 3 fully saturated rings. The van der Waals surface area contributed by atoms with Crippen LogP contribution in [0.15, 0.2) is 42.7 Å². The maximum absolute atomic E-state index is 15.4. The Morgan fingerprint density at radius 1 is 1.08 bits per heavy atom. The summed E-state index contributed by atoms with van der Waals surface area (Å²) >= 11 is 0. The first kappa shape index (κ1) is 24.0. The molecule has 9 nitrogen and oxygen atoms in total. The minimum Gasteiger partial charge on any atom is -0.443 e. The number of hydrogen-bond donors (Lipinski definition) is 3. The molecule has 3 heterocycles. The molecule has 202 valence electrons. The molecule has 0 aliphatic heterocycles. The van der Waals surface area contributed by atoms with E-state index in [9.17, 15) is 13.6 Å². The summed E-state index contributed by atoms with van der Waals surface area (Å²) in [6.45, 7) is 0. The van der Waals surface area contributed by atoms with Crippen LogP contribution in [0.2, 0.25) is 0 Å². The first-order valence-electron chi connectivity index (χ1n) is 13.1. The van der Waals surface area contributed by atoms with Gasteiger partial charge in [-0.15, -0.1) is 0 Å². The van der Waals surface area contributed by atoms with Crippen LogP contribution in [0.4, 0.5) is 29.7 Å². The van der Waals surface area contributed by atoms with Crippen molar-refractivity contribution in [1.29, 1.82) is 0 Å². The minimum absolute atomic E-state index is 0.125. The van der Waals surface area contributed by atoms with E-state index in [2.05, 4.69) is 30.8 Å². The van der Waals surface area contributed by atoms with Crippen LogP contribution < -0.4 is 10.6 Å². The van der Waals surface area contributed by atoms with Gasteiger partial charge in [0.05, 0.1) is 5.69 Å². The fourth-order valence-corrected chi connectivity index (χ4v) is 6.20. The Kier molecular flexibility index (Phi) is 5.53. The van der Waals surface area contributed by atoms with E-state index in [4.69, 9.17) is 4.74 Å². The van der Waals surface area contributed by atoms with E-state index in [1.54, 1.807) is 28.9 Å². The number of aromatic nitrogens is 5. The van der Waals surface area contributed by atoms with Gasteiger partial charge in [-0.2, -0.15) is 5.10 Å². The Morgan fingerprint density at radius 2 is 1.87 bits per heavy atom. The Labute approximate surface area is 221 Å². The maximum Gasteiger partial charge on any atom is 0.407 e. The number of nitrogens with zero attached hydrogens (tertiary/aromatic N) is 4. The highest BCUT2D eigenvalue weighted by molar-refractivity contribution is 5.69. The monoisotopic (exact) mass is 537 g/mol. The standard InChI is InChI=1S/C27H26F3N7O2/c28-16-9-14(10-17(29)11-16)19-13-23-31-7-8-37(23)25(32-19)33-22-12-20(35-36-22)18-1-2-21(24(18)30)39-26(38)34-27-5-3-15(27)4-6-27/h7-13,15,18,21,24H,1-6H2,(H,34,38)(H2,32,33,35,36)/t15?,18-,21-,24-,27?/m1/s1. The van der Waals surface area contributed by atoms with E-state index >= 15 is 4.39 Å². The number of imidazole rings is 1. The molecular formula is C27H26F3N7O2. The molecule has 0 radical (unpaired) electrons. The van der Waals surface area contributed by atoms with Gasteiger partial charge in [0, 0.05) is 53.3 Å². The summed E-state index contributed by atoms with van der Waals surface area (Å²) in [4.78, 5) is 21.2. The van der Waals surface area contributed by atoms with Gasteiger partial charge < -0.3 is 15.4 Å². The average molecular weight is 538 g/mol. The molecule has 0 unspecified atom stereocenters. The average Bonchev–Trinajstić information content (AvgIpc) is 3.63. The largest absolute Gasteiger partial charge is 0.443 e. The number of fused-ring (bicyclic) bond motifs is 2. The fraction of sp³-hybridized carbons (Fsp3) is 0.407. The number of alkyl carbamates (subject to hydrolysis) is 1. The number of H-pyrrole nitrogens is 1. The summed E-state index contributed by atoms with van der Waals surface area (Å²) in [6, 6.07) is 6.48. The van der Waals surface area contributed by atoms with Gasteiger partial charge in [0.15, 0.2) is 5.82 Å². The van der Waals surface area contributed by atoms with Crippen molar-refractivity contribution >= 4 is 23.5 Å². The van der Waals surface area contributed by atoms with Crippen LogP contribution in [0.5, 0.6) is 0 Å². The second-order valence-corrected chi connectivity index (χ2v) is 10.7. The minimum atomic E-state index is -1.37. The number of carbonyl (C=O) groups excluding carboxylic acids is 1. The molecule has 4 aromatic rings. The number of hydrogen-bond acceptors (Lipinski definition) is 6. The zero-order valence-corrected chi connectivity index (χ0v) is 20.8. The molecule has 3 saturated carbocycles. The van der Waals surface area contributed by atoms with Crippen molar-refractivity contribution in [2.75, 3.05) is 5.32 Å². The quantitative estimate of drug-likeness (QED) is 0.304. The maximum atomic E-state index is 15.4. The van der Waals surface area contributed by atoms with Crippen LogP contribution >= 0.6 is 0 Å². The Morgan fingerprint density at radius 3 is 2.59 bits per heavy atom. The van der Waals surface area contributed by atoms with Crippen LogP contribution in [-0.4, -0.2) is 48.5 Å². The number of benzene rings is 1. The number of ether oxygens (including phenoxy) is 1. The summed E-state index contributed by atoms with van der Waals surface area (Å²) in [5.41, 5.74) is 1.53. The third kappa shape index (κ3) is 4.18. The lowest BCUT2D eigenvalue weighted by atomic mass is 9.53. The number of anilines is 2. The lowest BCUT2D eigenvalue weighted by Gasteiger charge is -2.58. The van der Waals surface area contributed by atoms with Crippen LogP contribution in [0.3, 0.4) is 0 Å². The van der Waals surface area contributed by atoms with Crippen molar-refractivity contribution in [2.45, 2.75) is 62.3 Å². The van der Waals surface area contributed by atoms with Gasteiger partial charge in [-0.05, 0) is 56.6 Å². The summed E-state index contributed by atoms with van der Waals surface area (Å²) < 4.78 is 50.2. The predicted octanol–water partition coefficient (Wildman–Crippen LogP) is 5.39. The number of aromatic amines is 1. The fourth-order valence-electron chi connectivity index (χ4n) is 6.20. The molecule has 0 bridgehead atoms. The van der Waals surface area contributed by atoms with Crippen LogP contribution in [0.25, 0.3) is 16.9 Å².